The zero-order valence-corrected chi connectivity index (χ0v) is 12.1. The number of hydrogen-bond donors (Lipinski definition) is 0. The Morgan fingerprint density at radius 1 is 1.21 bits per heavy atom. The van der Waals surface area contributed by atoms with Crippen LogP contribution in [-0.4, -0.2) is 50.2 Å². The smallest absolute Gasteiger partial charge is 0.165 e. The van der Waals surface area contributed by atoms with Gasteiger partial charge in [-0.25, -0.2) is 8.42 Å². The molecule has 0 spiro atoms. The van der Waals surface area contributed by atoms with Crippen LogP contribution in [0.25, 0.3) is 0 Å². The van der Waals surface area contributed by atoms with Gasteiger partial charge in [-0.1, -0.05) is 23.7 Å². The average molecular weight is 302 g/mol. The van der Waals surface area contributed by atoms with Gasteiger partial charge >= 0.3 is 0 Å². The van der Waals surface area contributed by atoms with E-state index in [1.807, 2.05) is 4.90 Å². The highest BCUT2D eigenvalue weighted by Crippen LogP contribution is 2.17. The molecule has 0 aromatic heterocycles. The lowest BCUT2D eigenvalue weighted by atomic mass is 10.1. The van der Waals surface area contributed by atoms with Crippen molar-refractivity contribution < 1.29 is 13.2 Å². The summed E-state index contributed by atoms with van der Waals surface area (Å²) in [5.74, 6) is 0.375. The van der Waals surface area contributed by atoms with E-state index < -0.39 is 9.84 Å². The minimum Gasteiger partial charge on any atom is -0.301 e. The first-order valence-corrected chi connectivity index (χ1v) is 8.38. The van der Waals surface area contributed by atoms with Crippen molar-refractivity contribution in [3.63, 3.8) is 0 Å². The van der Waals surface area contributed by atoms with E-state index in [0.717, 1.165) is 0 Å². The van der Waals surface area contributed by atoms with Gasteiger partial charge in [0.1, 0.15) is 0 Å². The number of hydrogen-bond acceptors (Lipinski definition) is 4. The number of nitrogens with zero attached hydrogens (tertiary/aromatic N) is 1. The van der Waals surface area contributed by atoms with Gasteiger partial charge in [-0.05, 0) is 12.1 Å². The first-order valence-electron chi connectivity index (χ1n) is 6.18. The van der Waals surface area contributed by atoms with Crippen molar-refractivity contribution in [1.82, 2.24) is 4.90 Å². The summed E-state index contributed by atoms with van der Waals surface area (Å²) in [7, 11) is -2.86. The lowest BCUT2D eigenvalue weighted by Crippen LogP contribution is -2.41. The maximum Gasteiger partial charge on any atom is 0.165 e. The molecule has 19 heavy (non-hydrogen) atoms. The molecule has 1 aliphatic rings. The predicted molar refractivity (Wildman–Crippen MR) is 75.5 cm³/mol. The molecule has 6 heteroatoms. The summed E-state index contributed by atoms with van der Waals surface area (Å²) in [5, 5.41) is 0.466. The van der Waals surface area contributed by atoms with E-state index in [1.54, 1.807) is 24.3 Å². The van der Waals surface area contributed by atoms with Crippen LogP contribution in [0.2, 0.25) is 5.02 Å². The monoisotopic (exact) mass is 301 g/mol. The fraction of sp³-hybridized carbons (Fsp3) is 0.462. The number of carbonyl (C=O) groups excluding carboxylic acids is 1. The maximum atomic E-state index is 12.0. The molecule has 1 aromatic carbocycles. The number of rotatable bonds is 4. The molecule has 0 amide bonds. The Morgan fingerprint density at radius 2 is 1.84 bits per heavy atom. The molecule has 104 valence electrons. The first-order chi connectivity index (χ1) is 8.98. The molecule has 4 nitrogen and oxygen atoms in total. The van der Waals surface area contributed by atoms with Gasteiger partial charge in [-0.3, -0.25) is 4.79 Å². The van der Waals surface area contributed by atoms with Gasteiger partial charge in [0.25, 0.3) is 0 Å². The highest BCUT2D eigenvalue weighted by molar-refractivity contribution is 7.91. The Hall–Kier alpha value is -0.910. The standard InChI is InChI=1S/C13H16ClNO3S/c14-12-4-2-1-3-11(12)13(16)5-6-15-7-9-19(17,18)10-8-15/h1-4H,5-10H2. The lowest BCUT2D eigenvalue weighted by Gasteiger charge is -2.26. The van der Waals surface area contributed by atoms with Crippen LogP contribution < -0.4 is 0 Å². The molecule has 0 aliphatic carbocycles. The predicted octanol–water partition coefficient (Wildman–Crippen LogP) is 1.64. The van der Waals surface area contributed by atoms with Crippen LogP contribution >= 0.6 is 11.6 Å². The van der Waals surface area contributed by atoms with E-state index in [4.69, 9.17) is 11.6 Å². The average Bonchev–Trinajstić information content (AvgIpc) is 2.38. The Balaban J connectivity index is 1.87. The van der Waals surface area contributed by atoms with Crippen LogP contribution in [0.3, 0.4) is 0 Å². The number of benzene rings is 1. The van der Waals surface area contributed by atoms with Gasteiger partial charge in [0.2, 0.25) is 0 Å². The lowest BCUT2D eigenvalue weighted by molar-refractivity contribution is 0.0966. The summed E-state index contributed by atoms with van der Waals surface area (Å²) in [6, 6.07) is 6.98. The van der Waals surface area contributed by atoms with Crippen molar-refractivity contribution in [3.8, 4) is 0 Å². The van der Waals surface area contributed by atoms with Crippen molar-refractivity contribution in [2.24, 2.45) is 0 Å². The second kappa shape index (κ2) is 6.03. The second-order valence-electron chi connectivity index (χ2n) is 4.65. The summed E-state index contributed by atoms with van der Waals surface area (Å²) < 4.78 is 22.6. The molecule has 1 aromatic rings. The summed E-state index contributed by atoms with van der Waals surface area (Å²) >= 11 is 5.96. The molecule has 1 heterocycles. The molecular weight excluding hydrogens is 286 g/mol. The quantitative estimate of drug-likeness (QED) is 0.794. The van der Waals surface area contributed by atoms with Crippen molar-refractivity contribution in [2.45, 2.75) is 6.42 Å². The molecule has 0 radical (unpaired) electrons. The zero-order chi connectivity index (χ0) is 13.9. The van der Waals surface area contributed by atoms with E-state index in [1.165, 1.54) is 0 Å². The molecule has 0 atom stereocenters. The highest BCUT2D eigenvalue weighted by Gasteiger charge is 2.22. The van der Waals surface area contributed by atoms with Crippen LogP contribution in [0.15, 0.2) is 24.3 Å². The van der Waals surface area contributed by atoms with E-state index in [9.17, 15) is 13.2 Å². The van der Waals surface area contributed by atoms with Crippen LogP contribution in [-0.2, 0) is 9.84 Å². The molecule has 1 aliphatic heterocycles. The van der Waals surface area contributed by atoms with Crippen LogP contribution in [0, 0.1) is 0 Å². The first kappa shape index (κ1) is 14.5. The van der Waals surface area contributed by atoms with Gasteiger partial charge < -0.3 is 4.90 Å². The number of carbonyl (C=O) groups is 1. The van der Waals surface area contributed by atoms with Gasteiger partial charge in [0.15, 0.2) is 15.6 Å². The summed E-state index contributed by atoms with van der Waals surface area (Å²) in [5.41, 5.74) is 0.536. The van der Waals surface area contributed by atoms with Gasteiger partial charge in [0.05, 0.1) is 16.5 Å². The molecule has 1 saturated heterocycles. The third-order valence-electron chi connectivity index (χ3n) is 3.27. The number of Topliss-reactive ketones (excluding diaryl/α,β-unsaturated/α-hetero) is 1. The SMILES string of the molecule is O=C(CCN1CCS(=O)(=O)CC1)c1ccccc1Cl. The fourth-order valence-electron chi connectivity index (χ4n) is 2.06. The van der Waals surface area contributed by atoms with Crippen molar-refractivity contribution in [1.29, 1.82) is 0 Å². The van der Waals surface area contributed by atoms with Crippen LogP contribution in [0.4, 0.5) is 0 Å². The Morgan fingerprint density at radius 3 is 2.47 bits per heavy atom. The second-order valence-corrected chi connectivity index (χ2v) is 7.36. The Kier molecular flexibility index (Phi) is 4.60. The fourth-order valence-corrected chi connectivity index (χ4v) is 3.57. The Labute approximate surface area is 118 Å². The van der Waals surface area contributed by atoms with Crippen molar-refractivity contribution >= 4 is 27.2 Å². The van der Waals surface area contributed by atoms with Crippen molar-refractivity contribution in [3.05, 3.63) is 34.9 Å². The van der Waals surface area contributed by atoms with Crippen LogP contribution in [0.5, 0.6) is 0 Å². The number of halogens is 1. The van der Waals surface area contributed by atoms with Gasteiger partial charge in [0, 0.05) is 31.6 Å². The van der Waals surface area contributed by atoms with E-state index in [-0.39, 0.29) is 17.3 Å². The molecule has 2 rings (SSSR count). The maximum absolute atomic E-state index is 12.0. The minimum absolute atomic E-state index is 0.000898. The largest absolute Gasteiger partial charge is 0.301 e. The molecule has 0 saturated carbocycles. The normalized spacial score (nSPS) is 19.2. The third-order valence-corrected chi connectivity index (χ3v) is 5.21. The Bertz CT molecular complexity index is 557. The van der Waals surface area contributed by atoms with Crippen LogP contribution in [0.1, 0.15) is 16.8 Å². The molecule has 0 bridgehead atoms. The topological polar surface area (TPSA) is 54.5 Å². The highest BCUT2D eigenvalue weighted by atomic mass is 35.5. The third kappa shape index (κ3) is 4.03. The zero-order valence-electron chi connectivity index (χ0n) is 10.5. The summed E-state index contributed by atoms with van der Waals surface area (Å²) in [4.78, 5) is 14.0. The van der Waals surface area contributed by atoms with E-state index >= 15 is 0 Å². The molecule has 0 unspecified atom stereocenters. The minimum atomic E-state index is -2.86. The number of sulfone groups is 1. The summed E-state index contributed by atoms with van der Waals surface area (Å²) in [6.07, 6.45) is 0.365. The molecule has 1 fully saturated rings. The van der Waals surface area contributed by atoms with E-state index in [2.05, 4.69) is 0 Å². The van der Waals surface area contributed by atoms with Crippen molar-refractivity contribution in [2.75, 3.05) is 31.1 Å². The molecular formula is C13H16ClNO3S. The van der Waals surface area contributed by atoms with Gasteiger partial charge in [-0.2, -0.15) is 0 Å². The molecule has 0 N–H and O–H groups in total. The van der Waals surface area contributed by atoms with Gasteiger partial charge in [-0.15, -0.1) is 0 Å². The number of ketones is 1. The summed E-state index contributed by atoms with van der Waals surface area (Å²) in [6.45, 7) is 1.61. The van der Waals surface area contributed by atoms with E-state index in [0.29, 0.717) is 36.6 Å².